The molecule has 102 valence electrons. The van der Waals surface area contributed by atoms with E-state index in [1.54, 1.807) is 13.0 Å². The first-order valence-corrected chi connectivity index (χ1v) is 5.85. The van der Waals surface area contributed by atoms with Crippen molar-refractivity contribution in [1.82, 2.24) is 0 Å². The van der Waals surface area contributed by atoms with Gasteiger partial charge in [-0.1, -0.05) is 23.2 Å². The molecule has 0 aromatic heterocycles. The van der Waals surface area contributed by atoms with Crippen LogP contribution in [0.3, 0.4) is 0 Å². The molecule has 0 amide bonds. The van der Waals surface area contributed by atoms with Crippen LogP contribution in [0.25, 0.3) is 0 Å². The van der Waals surface area contributed by atoms with E-state index in [1.165, 1.54) is 6.07 Å². The number of rotatable bonds is 6. The van der Waals surface area contributed by atoms with Gasteiger partial charge in [-0.25, -0.2) is 0 Å². The van der Waals surface area contributed by atoms with Crippen molar-refractivity contribution >= 4 is 12.4 Å². The van der Waals surface area contributed by atoms with Crippen LogP contribution in [0.15, 0.2) is 18.2 Å². The Labute approximate surface area is 154 Å². The Morgan fingerprint density at radius 1 is 1.16 bits per heavy atom. The number of hydrogen-bond donors (Lipinski definition) is 0. The van der Waals surface area contributed by atoms with Gasteiger partial charge in [0.1, 0.15) is 6.61 Å². The van der Waals surface area contributed by atoms with E-state index in [-0.39, 0.29) is 76.5 Å². The van der Waals surface area contributed by atoms with E-state index in [4.69, 9.17) is 9.47 Å². The van der Waals surface area contributed by atoms with E-state index < -0.39 is 12.4 Å². The second kappa shape index (κ2) is 8.69. The molecular weight excluding hydrogens is 283 g/mol. The van der Waals surface area contributed by atoms with Crippen LogP contribution in [0.1, 0.15) is 19.4 Å². The molecule has 1 aromatic rings. The fraction of sp³-hybridized carbons (Fsp3) is 0.500. The van der Waals surface area contributed by atoms with Crippen LogP contribution >= 0.6 is 0 Å². The molecule has 0 aliphatic rings. The molecule has 0 heterocycles. The first-order chi connectivity index (χ1) is 8.30. The van der Waals surface area contributed by atoms with Crippen molar-refractivity contribution < 1.29 is 73.8 Å². The maximum Gasteiger partial charge on any atom is 1.00 e. The fourth-order valence-corrected chi connectivity index (χ4v) is 1.49. The van der Waals surface area contributed by atoms with Gasteiger partial charge in [0.2, 0.25) is 0 Å². The standard InChI is InChI=1S/C12H17BF3O2.K/c1-9(2)17-6-7-18-12-5-4-10(3)8-11(12)13(14,15)16;/h4-5,8-9H,6-7H2,1-3H3;/q-1;+1. The predicted octanol–water partition coefficient (Wildman–Crippen LogP) is -0.143. The van der Waals surface area contributed by atoms with Crippen molar-refractivity contribution in [2.24, 2.45) is 0 Å². The molecule has 1 aromatic carbocycles. The SMILES string of the molecule is Cc1ccc(OCCOC(C)C)c([B-](F)(F)F)c1.[K+]. The average Bonchev–Trinajstić information content (AvgIpc) is 2.24. The van der Waals surface area contributed by atoms with Crippen molar-refractivity contribution in [2.45, 2.75) is 26.9 Å². The Balaban J connectivity index is 0.00000324. The number of hydrogen-bond acceptors (Lipinski definition) is 2. The third-order valence-corrected chi connectivity index (χ3v) is 2.31. The molecule has 0 saturated heterocycles. The molecule has 0 N–H and O–H groups in total. The summed E-state index contributed by atoms with van der Waals surface area (Å²) in [7, 11) is 0. The molecule has 0 unspecified atom stereocenters. The summed E-state index contributed by atoms with van der Waals surface area (Å²) in [5.41, 5.74) is -0.116. The zero-order valence-electron chi connectivity index (χ0n) is 11.8. The van der Waals surface area contributed by atoms with Crippen LogP contribution in [0.4, 0.5) is 12.9 Å². The van der Waals surface area contributed by atoms with Crippen LogP contribution in [0.5, 0.6) is 5.75 Å². The average molecular weight is 300 g/mol. The van der Waals surface area contributed by atoms with Crippen LogP contribution < -0.4 is 61.6 Å². The largest absolute Gasteiger partial charge is 1.00 e. The van der Waals surface area contributed by atoms with E-state index in [0.29, 0.717) is 5.56 Å². The van der Waals surface area contributed by atoms with E-state index >= 15 is 0 Å². The van der Waals surface area contributed by atoms with Crippen LogP contribution in [0, 0.1) is 6.92 Å². The Hall–Kier alpha value is 0.471. The number of benzene rings is 1. The van der Waals surface area contributed by atoms with Gasteiger partial charge < -0.3 is 22.4 Å². The summed E-state index contributed by atoms with van der Waals surface area (Å²) < 4.78 is 48.8. The molecule has 7 heteroatoms. The molecular formula is C12H17BF3KO2. The number of aryl methyl sites for hydroxylation is 1. The van der Waals surface area contributed by atoms with Gasteiger partial charge in [-0.05, 0) is 26.8 Å². The predicted molar refractivity (Wildman–Crippen MR) is 66.5 cm³/mol. The van der Waals surface area contributed by atoms with Gasteiger partial charge >= 0.3 is 58.4 Å². The van der Waals surface area contributed by atoms with Crippen LogP contribution in [-0.4, -0.2) is 26.3 Å². The molecule has 0 fully saturated rings. The third kappa shape index (κ3) is 7.15. The summed E-state index contributed by atoms with van der Waals surface area (Å²) in [6.07, 6.45) is 0.0397. The smallest absolute Gasteiger partial charge is 0.494 e. The zero-order chi connectivity index (χ0) is 13.8. The Morgan fingerprint density at radius 2 is 1.79 bits per heavy atom. The van der Waals surface area contributed by atoms with Gasteiger partial charge in [-0.15, -0.1) is 0 Å². The minimum absolute atomic E-state index is 0. The number of halogens is 3. The van der Waals surface area contributed by atoms with E-state index in [2.05, 4.69) is 0 Å². The molecule has 2 nitrogen and oxygen atoms in total. The first-order valence-electron chi connectivity index (χ1n) is 5.85. The molecule has 0 radical (unpaired) electrons. The molecule has 0 atom stereocenters. The maximum atomic E-state index is 12.8. The zero-order valence-corrected chi connectivity index (χ0v) is 14.9. The minimum atomic E-state index is -5.06. The van der Waals surface area contributed by atoms with Gasteiger partial charge in [0.05, 0.1) is 18.5 Å². The monoisotopic (exact) mass is 300 g/mol. The normalized spacial score (nSPS) is 11.3. The van der Waals surface area contributed by atoms with Crippen LogP contribution in [-0.2, 0) is 4.74 Å². The molecule has 0 saturated carbocycles. The first kappa shape index (κ1) is 19.5. The third-order valence-electron chi connectivity index (χ3n) is 2.31. The van der Waals surface area contributed by atoms with Crippen LogP contribution in [0.2, 0.25) is 0 Å². The molecule has 19 heavy (non-hydrogen) atoms. The number of ether oxygens (including phenoxy) is 2. The summed E-state index contributed by atoms with van der Waals surface area (Å²) >= 11 is 0. The van der Waals surface area contributed by atoms with E-state index in [0.717, 1.165) is 6.07 Å². The van der Waals surface area contributed by atoms with Crippen molar-refractivity contribution in [2.75, 3.05) is 13.2 Å². The Bertz CT molecular complexity index is 397. The van der Waals surface area contributed by atoms with Crippen molar-refractivity contribution in [3.05, 3.63) is 23.8 Å². The summed E-state index contributed by atoms with van der Waals surface area (Å²) in [6, 6.07) is 4.07. The fourth-order valence-electron chi connectivity index (χ4n) is 1.49. The molecule has 0 aliphatic carbocycles. The molecule has 0 bridgehead atoms. The summed E-state index contributed by atoms with van der Waals surface area (Å²) in [5, 5.41) is 0. The Morgan fingerprint density at radius 3 is 2.32 bits per heavy atom. The summed E-state index contributed by atoms with van der Waals surface area (Å²) in [6.45, 7) is 0.665. The summed E-state index contributed by atoms with van der Waals surface area (Å²) in [5.74, 6) is -0.125. The second-order valence-corrected chi connectivity index (χ2v) is 4.38. The second-order valence-electron chi connectivity index (χ2n) is 4.38. The van der Waals surface area contributed by atoms with Gasteiger partial charge in [0, 0.05) is 0 Å². The summed E-state index contributed by atoms with van der Waals surface area (Å²) in [4.78, 5) is 0. The van der Waals surface area contributed by atoms with Gasteiger partial charge in [0.25, 0.3) is 0 Å². The Kier molecular flexibility index (Phi) is 8.91. The van der Waals surface area contributed by atoms with Gasteiger partial charge in [0.15, 0.2) is 0 Å². The van der Waals surface area contributed by atoms with E-state index in [1.807, 2.05) is 13.8 Å². The molecule has 1 rings (SSSR count). The van der Waals surface area contributed by atoms with Gasteiger partial charge in [-0.2, -0.15) is 0 Å². The molecule has 0 spiro atoms. The minimum Gasteiger partial charge on any atom is -0.494 e. The topological polar surface area (TPSA) is 18.5 Å². The van der Waals surface area contributed by atoms with Gasteiger partial charge in [-0.3, -0.25) is 0 Å². The van der Waals surface area contributed by atoms with Crippen molar-refractivity contribution in [3.8, 4) is 5.75 Å². The van der Waals surface area contributed by atoms with E-state index in [9.17, 15) is 12.9 Å². The van der Waals surface area contributed by atoms with Crippen molar-refractivity contribution in [3.63, 3.8) is 0 Å². The quantitative estimate of drug-likeness (QED) is 0.538. The maximum absolute atomic E-state index is 12.8. The van der Waals surface area contributed by atoms with Crippen molar-refractivity contribution in [1.29, 1.82) is 0 Å². The molecule has 0 aliphatic heterocycles.